The molecule has 0 heterocycles. The lowest BCUT2D eigenvalue weighted by atomic mass is 10.1. The predicted octanol–water partition coefficient (Wildman–Crippen LogP) is 4.11. The van der Waals surface area contributed by atoms with Crippen LogP contribution in [-0.4, -0.2) is 18.0 Å². The molecule has 4 nitrogen and oxygen atoms in total. The van der Waals surface area contributed by atoms with E-state index in [1.165, 1.54) is 6.92 Å². The van der Waals surface area contributed by atoms with Gasteiger partial charge in [0.05, 0.1) is 17.1 Å². The number of ether oxygens (including phenoxy) is 1. The minimum Gasteiger partial charge on any atom is -0.452 e. The van der Waals surface area contributed by atoms with Gasteiger partial charge < -0.3 is 10.1 Å². The lowest BCUT2D eigenvalue weighted by molar-refractivity contribution is -0.152. The molecular formula is C17H15Cl2NO3. The van der Waals surface area contributed by atoms with Crippen LogP contribution in [0.5, 0.6) is 0 Å². The molecular weight excluding hydrogens is 337 g/mol. The minimum atomic E-state index is -0.943. The molecule has 0 aliphatic heterocycles. The molecule has 120 valence electrons. The van der Waals surface area contributed by atoms with Crippen LogP contribution >= 0.6 is 23.2 Å². The Morgan fingerprint density at radius 2 is 1.65 bits per heavy atom. The molecule has 2 rings (SSSR count). The number of amides is 1. The van der Waals surface area contributed by atoms with Gasteiger partial charge in [0.25, 0.3) is 5.91 Å². The molecule has 2 aromatic carbocycles. The number of hydrogen-bond acceptors (Lipinski definition) is 3. The first-order valence-corrected chi connectivity index (χ1v) is 7.71. The van der Waals surface area contributed by atoms with Crippen LogP contribution in [-0.2, 0) is 20.7 Å². The summed E-state index contributed by atoms with van der Waals surface area (Å²) in [7, 11) is 0. The number of halogens is 2. The van der Waals surface area contributed by atoms with Gasteiger partial charge in [-0.1, -0.05) is 53.5 Å². The molecule has 0 saturated carbocycles. The molecule has 0 aromatic heterocycles. The summed E-state index contributed by atoms with van der Waals surface area (Å²) in [6, 6.07) is 13.8. The minimum absolute atomic E-state index is 0.00336. The van der Waals surface area contributed by atoms with E-state index < -0.39 is 18.0 Å². The molecule has 23 heavy (non-hydrogen) atoms. The van der Waals surface area contributed by atoms with Crippen LogP contribution in [0, 0.1) is 0 Å². The average Bonchev–Trinajstić information content (AvgIpc) is 2.51. The molecule has 0 unspecified atom stereocenters. The Morgan fingerprint density at radius 3 is 2.30 bits per heavy atom. The zero-order chi connectivity index (χ0) is 16.8. The maximum atomic E-state index is 12.0. The molecule has 0 radical (unpaired) electrons. The molecule has 0 saturated heterocycles. The fourth-order valence-corrected chi connectivity index (χ4v) is 2.27. The highest BCUT2D eigenvalue weighted by atomic mass is 35.5. The van der Waals surface area contributed by atoms with Crippen molar-refractivity contribution < 1.29 is 14.3 Å². The highest BCUT2D eigenvalue weighted by molar-refractivity contribution is 6.33. The van der Waals surface area contributed by atoms with E-state index in [0.29, 0.717) is 21.3 Å². The van der Waals surface area contributed by atoms with Gasteiger partial charge in [0.2, 0.25) is 0 Å². The smallest absolute Gasteiger partial charge is 0.311 e. The van der Waals surface area contributed by atoms with Crippen molar-refractivity contribution in [2.45, 2.75) is 19.4 Å². The van der Waals surface area contributed by atoms with Crippen LogP contribution in [0.4, 0.5) is 5.69 Å². The molecule has 0 aliphatic rings. The number of nitrogens with one attached hydrogen (secondary N) is 1. The second-order valence-electron chi connectivity index (χ2n) is 4.87. The summed E-state index contributed by atoms with van der Waals surface area (Å²) in [6.07, 6.45) is -0.940. The number of hydrogen-bond donors (Lipinski definition) is 1. The fraction of sp³-hybridized carbons (Fsp3) is 0.176. The number of anilines is 1. The molecule has 1 N–H and O–H groups in total. The normalized spacial score (nSPS) is 11.6. The van der Waals surface area contributed by atoms with E-state index in [-0.39, 0.29) is 6.42 Å². The molecule has 0 aliphatic carbocycles. The Morgan fingerprint density at radius 1 is 1.04 bits per heavy atom. The van der Waals surface area contributed by atoms with Crippen molar-refractivity contribution in [2.75, 3.05) is 5.32 Å². The fourth-order valence-electron chi connectivity index (χ4n) is 1.89. The number of carbonyl (C=O) groups excluding carboxylic acids is 2. The molecule has 6 heteroatoms. The quantitative estimate of drug-likeness (QED) is 0.824. The second kappa shape index (κ2) is 7.99. The Hall–Kier alpha value is -2.04. The molecule has 0 fully saturated rings. The zero-order valence-corrected chi connectivity index (χ0v) is 13.9. The van der Waals surface area contributed by atoms with Crippen molar-refractivity contribution in [3.05, 3.63) is 64.1 Å². The monoisotopic (exact) mass is 351 g/mol. The summed E-state index contributed by atoms with van der Waals surface area (Å²) < 4.78 is 5.13. The van der Waals surface area contributed by atoms with E-state index in [1.807, 2.05) is 0 Å². The van der Waals surface area contributed by atoms with Gasteiger partial charge in [-0.15, -0.1) is 0 Å². The third kappa shape index (κ3) is 4.98. The lowest BCUT2D eigenvalue weighted by Gasteiger charge is -2.14. The van der Waals surface area contributed by atoms with Crippen LogP contribution in [0.15, 0.2) is 48.5 Å². The van der Waals surface area contributed by atoms with Crippen molar-refractivity contribution in [1.82, 2.24) is 0 Å². The number of rotatable bonds is 5. The summed E-state index contributed by atoms with van der Waals surface area (Å²) in [6.45, 7) is 1.50. The summed E-state index contributed by atoms with van der Waals surface area (Å²) in [5, 5.41) is 3.51. The third-order valence-electron chi connectivity index (χ3n) is 3.10. The van der Waals surface area contributed by atoms with E-state index in [2.05, 4.69) is 5.32 Å². The van der Waals surface area contributed by atoms with Crippen LogP contribution < -0.4 is 5.32 Å². The van der Waals surface area contributed by atoms with Crippen molar-refractivity contribution in [3.63, 3.8) is 0 Å². The summed E-state index contributed by atoms with van der Waals surface area (Å²) in [5.74, 6) is -0.981. The molecule has 1 atom stereocenters. The van der Waals surface area contributed by atoms with Gasteiger partial charge >= 0.3 is 5.97 Å². The maximum absolute atomic E-state index is 12.0. The Labute approximate surface area is 144 Å². The van der Waals surface area contributed by atoms with E-state index in [4.69, 9.17) is 27.9 Å². The van der Waals surface area contributed by atoms with Gasteiger partial charge in [0, 0.05) is 5.02 Å². The summed E-state index contributed by atoms with van der Waals surface area (Å²) >= 11 is 12.0. The van der Waals surface area contributed by atoms with E-state index in [9.17, 15) is 9.59 Å². The Kier molecular flexibility index (Phi) is 6.02. The number of esters is 1. The van der Waals surface area contributed by atoms with Gasteiger partial charge in [-0.05, 0) is 30.7 Å². The van der Waals surface area contributed by atoms with Crippen LogP contribution in [0.2, 0.25) is 10.0 Å². The van der Waals surface area contributed by atoms with Crippen LogP contribution in [0.1, 0.15) is 12.5 Å². The largest absolute Gasteiger partial charge is 0.452 e. The van der Waals surface area contributed by atoms with E-state index in [0.717, 1.165) is 0 Å². The number of carbonyl (C=O) groups is 2. The van der Waals surface area contributed by atoms with Crippen molar-refractivity contribution >= 4 is 40.8 Å². The Bertz CT molecular complexity index is 718. The average molecular weight is 352 g/mol. The van der Waals surface area contributed by atoms with Crippen molar-refractivity contribution in [1.29, 1.82) is 0 Å². The molecule has 0 spiro atoms. The first-order chi connectivity index (χ1) is 11.0. The molecule has 1 amide bonds. The number of para-hydroxylation sites is 1. The topological polar surface area (TPSA) is 55.4 Å². The number of benzene rings is 2. The molecule has 2 aromatic rings. The van der Waals surface area contributed by atoms with E-state index in [1.54, 1.807) is 48.5 Å². The lowest BCUT2D eigenvalue weighted by Crippen LogP contribution is -2.30. The van der Waals surface area contributed by atoms with Gasteiger partial charge in [-0.25, -0.2) is 0 Å². The summed E-state index contributed by atoms with van der Waals surface area (Å²) in [4.78, 5) is 24.0. The van der Waals surface area contributed by atoms with Crippen LogP contribution in [0.25, 0.3) is 0 Å². The first kappa shape index (κ1) is 17.3. The van der Waals surface area contributed by atoms with Gasteiger partial charge in [-0.3, -0.25) is 9.59 Å². The van der Waals surface area contributed by atoms with E-state index >= 15 is 0 Å². The second-order valence-corrected chi connectivity index (χ2v) is 5.68. The van der Waals surface area contributed by atoms with Crippen LogP contribution in [0.3, 0.4) is 0 Å². The van der Waals surface area contributed by atoms with Gasteiger partial charge in [0.1, 0.15) is 0 Å². The third-order valence-corrected chi connectivity index (χ3v) is 3.80. The SMILES string of the molecule is C[C@@H](OC(=O)Cc1ccccc1Cl)C(=O)Nc1ccccc1Cl. The zero-order valence-electron chi connectivity index (χ0n) is 12.4. The standard InChI is InChI=1S/C17H15Cl2NO3/c1-11(17(22)20-15-9-5-4-8-14(15)19)23-16(21)10-12-6-2-3-7-13(12)18/h2-9,11H,10H2,1H3,(H,20,22)/t11-/m1/s1. The highest BCUT2D eigenvalue weighted by Gasteiger charge is 2.19. The van der Waals surface area contributed by atoms with Crippen molar-refractivity contribution in [3.8, 4) is 0 Å². The highest BCUT2D eigenvalue weighted by Crippen LogP contribution is 2.21. The van der Waals surface area contributed by atoms with Crippen molar-refractivity contribution in [2.24, 2.45) is 0 Å². The van der Waals surface area contributed by atoms with Gasteiger partial charge in [-0.2, -0.15) is 0 Å². The maximum Gasteiger partial charge on any atom is 0.311 e. The predicted molar refractivity (Wildman–Crippen MR) is 90.8 cm³/mol. The Balaban J connectivity index is 1.92. The first-order valence-electron chi connectivity index (χ1n) is 6.95. The summed E-state index contributed by atoms with van der Waals surface area (Å²) in [5.41, 5.74) is 1.12. The molecule has 0 bridgehead atoms. The van der Waals surface area contributed by atoms with Gasteiger partial charge in [0.15, 0.2) is 6.10 Å².